The topological polar surface area (TPSA) is 99.4 Å². The zero-order valence-corrected chi connectivity index (χ0v) is 12.6. The Morgan fingerprint density at radius 1 is 0.955 bits per heavy atom. The van der Waals surface area contributed by atoms with Gasteiger partial charge in [0.05, 0.1) is 25.9 Å². The van der Waals surface area contributed by atoms with E-state index in [0.717, 1.165) is 11.3 Å². The molecule has 0 spiro atoms. The number of methoxy groups -OCH3 is 1. The van der Waals surface area contributed by atoms with Crippen molar-refractivity contribution in [3.63, 3.8) is 0 Å². The second-order valence-electron chi connectivity index (χ2n) is 5.67. The fourth-order valence-corrected chi connectivity index (χ4v) is 2.63. The molecule has 0 unspecified atom stereocenters. The molecule has 1 aliphatic rings. The second-order valence-corrected chi connectivity index (χ2v) is 5.67. The summed E-state index contributed by atoms with van der Waals surface area (Å²) in [7, 11) is 1.58. The largest absolute Gasteiger partial charge is 0.497 e. The second kappa shape index (κ2) is 7.89. The Balaban J connectivity index is 2.02. The van der Waals surface area contributed by atoms with Gasteiger partial charge in [0.1, 0.15) is 24.1 Å². The summed E-state index contributed by atoms with van der Waals surface area (Å²) in [6.07, 6.45) is -4.16. The molecule has 124 valence electrons. The lowest BCUT2D eigenvalue weighted by molar-refractivity contribution is -0.171. The lowest BCUT2D eigenvalue weighted by atomic mass is 9.90. The average molecular weight is 312 g/mol. The van der Waals surface area contributed by atoms with Crippen molar-refractivity contribution in [1.29, 1.82) is 0 Å². The number of aliphatic hydroxyl groups is 4. The zero-order chi connectivity index (χ0) is 16.1. The molecule has 22 heavy (non-hydrogen) atoms. The molecule has 0 aromatic heterocycles. The third-order valence-corrected chi connectivity index (χ3v) is 4.06. The summed E-state index contributed by atoms with van der Waals surface area (Å²) in [5, 5.41) is 40.0. The first-order chi connectivity index (χ1) is 10.5. The molecule has 1 aromatic carbocycles. The molecule has 4 N–H and O–H groups in total. The number of benzene rings is 1. The molecule has 1 fully saturated rings. The molecular formula is C16H24O6. The van der Waals surface area contributed by atoms with E-state index >= 15 is 0 Å². The van der Waals surface area contributed by atoms with E-state index in [-0.39, 0.29) is 6.61 Å². The van der Waals surface area contributed by atoms with Gasteiger partial charge < -0.3 is 29.9 Å². The molecule has 0 amide bonds. The lowest BCUT2D eigenvalue weighted by Crippen LogP contribution is -2.51. The van der Waals surface area contributed by atoms with Crippen LogP contribution in [0.2, 0.25) is 0 Å². The summed E-state index contributed by atoms with van der Waals surface area (Å²) >= 11 is 0. The fraction of sp³-hybridized carbons (Fsp3) is 0.625. The van der Waals surface area contributed by atoms with Gasteiger partial charge in [0, 0.05) is 0 Å². The van der Waals surface area contributed by atoms with Gasteiger partial charge in [-0.05, 0) is 37.0 Å². The molecule has 0 saturated heterocycles. The molecule has 6 heteroatoms. The van der Waals surface area contributed by atoms with Gasteiger partial charge >= 0.3 is 0 Å². The number of hydrogen-bond acceptors (Lipinski definition) is 6. The van der Waals surface area contributed by atoms with Gasteiger partial charge in [-0.2, -0.15) is 0 Å². The Labute approximate surface area is 129 Å². The van der Waals surface area contributed by atoms with Crippen molar-refractivity contribution >= 4 is 0 Å². The highest BCUT2D eigenvalue weighted by atomic mass is 16.5. The Morgan fingerprint density at radius 3 is 2.00 bits per heavy atom. The first-order valence-electron chi connectivity index (χ1n) is 7.49. The summed E-state index contributed by atoms with van der Waals surface area (Å²) in [6.45, 7) is 0.155. The predicted molar refractivity (Wildman–Crippen MR) is 79.4 cm³/mol. The Bertz CT molecular complexity index is 432. The van der Waals surface area contributed by atoms with Gasteiger partial charge in [-0.3, -0.25) is 0 Å². The van der Waals surface area contributed by atoms with Crippen LogP contribution in [0.25, 0.3) is 0 Å². The molecule has 6 nitrogen and oxygen atoms in total. The fourth-order valence-electron chi connectivity index (χ4n) is 2.63. The minimum atomic E-state index is -1.23. The number of rotatable bonds is 4. The van der Waals surface area contributed by atoms with Gasteiger partial charge in [0.2, 0.25) is 0 Å². The van der Waals surface area contributed by atoms with E-state index in [1.54, 1.807) is 19.2 Å². The molecule has 2 rings (SSSR count). The Kier molecular flexibility index (Phi) is 6.16. The molecule has 4 atom stereocenters. The van der Waals surface area contributed by atoms with Crippen LogP contribution in [-0.2, 0) is 11.3 Å². The van der Waals surface area contributed by atoms with Crippen molar-refractivity contribution in [1.82, 2.24) is 0 Å². The number of ether oxygens (including phenoxy) is 2. The highest BCUT2D eigenvalue weighted by Gasteiger charge is 2.38. The van der Waals surface area contributed by atoms with Crippen LogP contribution in [0.3, 0.4) is 0 Å². The van der Waals surface area contributed by atoms with Crippen molar-refractivity contribution in [2.24, 2.45) is 0 Å². The first-order valence-corrected chi connectivity index (χ1v) is 7.49. The van der Waals surface area contributed by atoms with Crippen molar-refractivity contribution in [3.8, 4) is 5.75 Å². The van der Waals surface area contributed by atoms with Crippen molar-refractivity contribution in [2.45, 2.75) is 56.4 Å². The normalized spacial score (nSPS) is 30.6. The van der Waals surface area contributed by atoms with E-state index in [1.165, 1.54) is 0 Å². The third-order valence-electron chi connectivity index (χ3n) is 4.06. The van der Waals surface area contributed by atoms with Crippen LogP contribution in [0.15, 0.2) is 24.3 Å². The maximum atomic E-state index is 10.1. The van der Waals surface area contributed by atoms with Crippen LogP contribution in [0, 0.1) is 0 Å². The van der Waals surface area contributed by atoms with Gasteiger partial charge in [0.15, 0.2) is 0 Å². The van der Waals surface area contributed by atoms with E-state index < -0.39 is 30.5 Å². The van der Waals surface area contributed by atoms with E-state index in [4.69, 9.17) is 9.47 Å². The van der Waals surface area contributed by atoms with E-state index in [9.17, 15) is 20.4 Å². The standard InChI is InChI=1S/C16H24O6/c1-21-11-7-5-10(6-8-11)9-22-16-14(19)12(17)3-2-4-13(18)15(16)20/h5-8,12-20H,2-4,9H2,1H3/t12-,13-,14-,15-/m0/s1. The molecule has 1 aromatic rings. The van der Waals surface area contributed by atoms with Gasteiger partial charge in [0.25, 0.3) is 0 Å². The number of hydrogen-bond donors (Lipinski definition) is 4. The van der Waals surface area contributed by atoms with Crippen molar-refractivity contribution < 1.29 is 29.9 Å². The average Bonchev–Trinajstić information content (AvgIpc) is 2.54. The summed E-state index contributed by atoms with van der Waals surface area (Å²) in [4.78, 5) is 0. The highest BCUT2D eigenvalue weighted by Crippen LogP contribution is 2.23. The molecule has 0 radical (unpaired) electrons. The molecule has 0 heterocycles. The summed E-state index contributed by atoms with van der Waals surface area (Å²) in [6, 6.07) is 7.20. The molecular weight excluding hydrogens is 288 g/mol. The Hall–Kier alpha value is -1.18. The number of aliphatic hydroxyl groups excluding tert-OH is 4. The lowest BCUT2D eigenvalue weighted by Gasteiger charge is -2.35. The monoisotopic (exact) mass is 312 g/mol. The molecule has 0 aliphatic heterocycles. The molecule has 0 bridgehead atoms. The molecule has 1 saturated carbocycles. The van der Waals surface area contributed by atoms with Crippen LogP contribution in [-0.4, -0.2) is 58.1 Å². The van der Waals surface area contributed by atoms with Gasteiger partial charge in [-0.25, -0.2) is 0 Å². The van der Waals surface area contributed by atoms with Crippen molar-refractivity contribution in [3.05, 3.63) is 29.8 Å². The summed E-state index contributed by atoms with van der Waals surface area (Å²) < 4.78 is 10.7. The van der Waals surface area contributed by atoms with E-state index in [2.05, 4.69) is 0 Å². The van der Waals surface area contributed by atoms with Gasteiger partial charge in [-0.15, -0.1) is 0 Å². The minimum absolute atomic E-state index is 0.155. The smallest absolute Gasteiger partial charge is 0.118 e. The van der Waals surface area contributed by atoms with Crippen LogP contribution in [0.5, 0.6) is 5.75 Å². The SMILES string of the molecule is COc1ccc(COC2[C@@H](O)[C@@H](O)CCC[C@H](O)[C@@H]2O)cc1. The first kappa shape index (κ1) is 17.2. The maximum absolute atomic E-state index is 10.1. The zero-order valence-electron chi connectivity index (χ0n) is 12.6. The highest BCUT2D eigenvalue weighted by molar-refractivity contribution is 5.26. The van der Waals surface area contributed by atoms with E-state index in [1.807, 2.05) is 12.1 Å². The quantitative estimate of drug-likeness (QED) is 0.634. The Morgan fingerprint density at radius 2 is 1.50 bits per heavy atom. The van der Waals surface area contributed by atoms with Crippen LogP contribution >= 0.6 is 0 Å². The van der Waals surface area contributed by atoms with Crippen LogP contribution in [0.4, 0.5) is 0 Å². The summed E-state index contributed by atoms with van der Waals surface area (Å²) in [5.74, 6) is 0.723. The minimum Gasteiger partial charge on any atom is -0.497 e. The molecule has 1 aliphatic carbocycles. The predicted octanol–water partition coefficient (Wildman–Crippen LogP) is 0.208. The van der Waals surface area contributed by atoms with E-state index in [0.29, 0.717) is 19.3 Å². The maximum Gasteiger partial charge on any atom is 0.118 e. The van der Waals surface area contributed by atoms with Gasteiger partial charge in [-0.1, -0.05) is 12.1 Å². The third kappa shape index (κ3) is 4.18. The van der Waals surface area contributed by atoms with Crippen molar-refractivity contribution in [2.75, 3.05) is 7.11 Å². The van der Waals surface area contributed by atoms with Crippen LogP contribution in [0.1, 0.15) is 24.8 Å². The summed E-state index contributed by atoms with van der Waals surface area (Å²) in [5.41, 5.74) is 0.839. The van der Waals surface area contributed by atoms with Crippen LogP contribution < -0.4 is 4.74 Å².